The van der Waals surface area contributed by atoms with E-state index in [1.165, 1.54) is 11.6 Å². The summed E-state index contributed by atoms with van der Waals surface area (Å²) in [6.07, 6.45) is 6.71. The van der Waals surface area contributed by atoms with E-state index >= 15 is 0 Å². The number of rotatable bonds is 5. The van der Waals surface area contributed by atoms with Crippen molar-refractivity contribution in [2.75, 3.05) is 0 Å². The summed E-state index contributed by atoms with van der Waals surface area (Å²) in [4.78, 5) is 16.9. The molecule has 31 heavy (non-hydrogen) atoms. The van der Waals surface area contributed by atoms with Gasteiger partial charge in [-0.1, -0.05) is 70.7 Å². The van der Waals surface area contributed by atoms with Crippen LogP contribution in [0.15, 0.2) is 48.7 Å². The SMILES string of the molecule is Cc1cccc(/C=C/C(=O)NC(NC(=S)NC2CCCc3cccnc32)C(Cl)(Cl)Cl)c1. The van der Waals surface area contributed by atoms with Gasteiger partial charge in [0.05, 0.1) is 11.7 Å². The van der Waals surface area contributed by atoms with E-state index in [0.29, 0.717) is 0 Å². The predicted octanol–water partition coefficient (Wildman–Crippen LogP) is 4.76. The number of carbonyl (C=O) groups excluding carboxylic acids is 1. The highest BCUT2D eigenvalue weighted by Crippen LogP contribution is 2.30. The minimum Gasteiger partial charge on any atom is -0.354 e. The summed E-state index contributed by atoms with van der Waals surface area (Å²) in [7, 11) is 0. The van der Waals surface area contributed by atoms with E-state index < -0.39 is 15.9 Å². The molecule has 0 radical (unpaired) electrons. The van der Waals surface area contributed by atoms with Gasteiger partial charge in [-0.25, -0.2) is 0 Å². The molecule has 1 aliphatic rings. The van der Waals surface area contributed by atoms with Crippen LogP contribution in [-0.4, -0.2) is 26.0 Å². The maximum atomic E-state index is 12.4. The Morgan fingerprint density at radius 2 is 2.06 bits per heavy atom. The molecule has 0 aliphatic heterocycles. The lowest BCUT2D eigenvalue weighted by Gasteiger charge is -2.30. The van der Waals surface area contributed by atoms with Crippen molar-refractivity contribution in [2.45, 2.75) is 42.2 Å². The molecule has 0 fully saturated rings. The highest BCUT2D eigenvalue weighted by atomic mass is 35.6. The second-order valence-electron chi connectivity index (χ2n) is 7.34. The highest BCUT2D eigenvalue weighted by molar-refractivity contribution is 7.80. The summed E-state index contributed by atoms with van der Waals surface area (Å²) < 4.78 is -1.82. The van der Waals surface area contributed by atoms with Crippen LogP contribution in [0.3, 0.4) is 0 Å². The zero-order valence-corrected chi connectivity index (χ0v) is 20.0. The van der Waals surface area contributed by atoms with Crippen LogP contribution in [0.2, 0.25) is 0 Å². The van der Waals surface area contributed by atoms with E-state index in [1.54, 1.807) is 12.3 Å². The van der Waals surface area contributed by atoms with Gasteiger partial charge in [-0.15, -0.1) is 0 Å². The van der Waals surface area contributed by atoms with Gasteiger partial charge in [-0.3, -0.25) is 9.78 Å². The predicted molar refractivity (Wildman–Crippen MR) is 131 cm³/mol. The molecule has 1 aromatic heterocycles. The van der Waals surface area contributed by atoms with Crippen LogP contribution in [-0.2, 0) is 11.2 Å². The van der Waals surface area contributed by atoms with Crippen molar-refractivity contribution >= 4 is 64.1 Å². The molecule has 0 bridgehead atoms. The number of hydrogen-bond acceptors (Lipinski definition) is 3. The Morgan fingerprint density at radius 1 is 1.26 bits per heavy atom. The quantitative estimate of drug-likeness (QED) is 0.241. The molecule has 3 N–H and O–H groups in total. The lowest BCUT2D eigenvalue weighted by atomic mass is 9.92. The Bertz CT molecular complexity index is 977. The van der Waals surface area contributed by atoms with Crippen molar-refractivity contribution in [3.8, 4) is 0 Å². The number of nitrogens with one attached hydrogen (secondary N) is 3. The van der Waals surface area contributed by atoms with Crippen molar-refractivity contribution in [1.29, 1.82) is 0 Å². The Hall–Kier alpha value is -1.86. The van der Waals surface area contributed by atoms with Crippen molar-refractivity contribution in [2.24, 2.45) is 0 Å². The molecule has 1 heterocycles. The fourth-order valence-corrected chi connectivity index (χ4v) is 4.00. The Balaban J connectivity index is 1.62. The minimum absolute atomic E-state index is 0.0436. The third-order valence-electron chi connectivity index (χ3n) is 4.86. The number of carbonyl (C=O) groups is 1. The highest BCUT2D eigenvalue weighted by Gasteiger charge is 2.35. The summed E-state index contributed by atoms with van der Waals surface area (Å²) >= 11 is 23.7. The first-order valence-corrected chi connectivity index (χ1v) is 11.4. The molecule has 9 heteroatoms. The molecule has 1 aliphatic carbocycles. The smallest absolute Gasteiger partial charge is 0.245 e. The van der Waals surface area contributed by atoms with E-state index in [2.05, 4.69) is 27.0 Å². The number of alkyl halides is 3. The standard InChI is InChI=1S/C22H23Cl3N4OS/c1-14-5-2-6-15(13-14)10-11-18(30)28-20(22(23,24)25)29-21(31)27-17-9-3-7-16-8-4-12-26-19(16)17/h2,4-6,8,10-13,17,20H,3,7,9H2,1H3,(H,28,30)(H2,27,29,31)/b11-10+. The Kier molecular flexibility index (Phi) is 8.17. The third kappa shape index (κ3) is 7.07. The monoisotopic (exact) mass is 496 g/mol. The first-order chi connectivity index (χ1) is 14.7. The largest absolute Gasteiger partial charge is 0.354 e. The van der Waals surface area contributed by atoms with Gasteiger partial charge in [0, 0.05) is 12.3 Å². The van der Waals surface area contributed by atoms with E-state index in [0.717, 1.165) is 36.1 Å². The van der Waals surface area contributed by atoms with Crippen molar-refractivity contribution in [3.05, 3.63) is 71.1 Å². The normalized spacial score (nSPS) is 17.0. The molecule has 0 saturated carbocycles. The summed E-state index contributed by atoms with van der Waals surface area (Å²) in [5.74, 6) is -0.419. The molecule has 164 valence electrons. The lowest BCUT2D eigenvalue weighted by Crippen LogP contribution is -2.57. The maximum absolute atomic E-state index is 12.4. The fraction of sp³-hybridized carbons (Fsp3) is 0.318. The van der Waals surface area contributed by atoms with Crippen LogP contribution in [0.5, 0.6) is 0 Å². The van der Waals surface area contributed by atoms with Gasteiger partial charge < -0.3 is 16.0 Å². The van der Waals surface area contributed by atoms with Crippen molar-refractivity contribution < 1.29 is 4.79 Å². The third-order valence-corrected chi connectivity index (χ3v) is 5.75. The van der Waals surface area contributed by atoms with Gasteiger partial charge in [0.2, 0.25) is 9.70 Å². The van der Waals surface area contributed by atoms with Crippen molar-refractivity contribution in [3.63, 3.8) is 0 Å². The van der Waals surface area contributed by atoms with Gasteiger partial charge in [0.15, 0.2) is 5.11 Å². The van der Waals surface area contributed by atoms with Crippen LogP contribution < -0.4 is 16.0 Å². The number of pyridine rings is 1. The van der Waals surface area contributed by atoms with Crippen molar-refractivity contribution in [1.82, 2.24) is 20.9 Å². The number of fused-ring (bicyclic) bond motifs is 1. The molecule has 3 rings (SSSR count). The number of benzene rings is 1. The van der Waals surface area contributed by atoms with Gasteiger partial charge in [0.1, 0.15) is 6.17 Å². The van der Waals surface area contributed by atoms with Crippen LogP contribution in [0.1, 0.15) is 41.3 Å². The molecule has 1 aromatic carbocycles. The average molecular weight is 498 g/mol. The number of aromatic nitrogens is 1. The van der Waals surface area contributed by atoms with Gasteiger partial charge in [-0.2, -0.15) is 0 Å². The van der Waals surface area contributed by atoms with Gasteiger partial charge in [0.25, 0.3) is 0 Å². The summed E-state index contributed by atoms with van der Waals surface area (Å²) in [6, 6.07) is 11.7. The molecule has 5 nitrogen and oxygen atoms in total. The van der Waals surface area contributed by atoms with Crippen LogP contribution >= 0.6 is 47.0 Å². The summed E-state index contributed by atoms with van der Waals surface area (Å²) in [5.41, 5.74) is 4.16. The number of thiocarbonyl (C=S) groups is 1. The second kappa shape index (κ2) is 10.6. The molecule has 0 saturated heterocycles. The number of aryl methyl sites for hydroxylation is 2. The number of hydrogen-bond donors (Lipinski definition) is 3. The van der Waals surface area contributed by atoms with E-state index in [9.17, 15) is 4.79 Å². The van der Waals surface area contributed by atoms with E-state index in [4.69, 9.17) is 47.0 Å². The number of halogens is 3. The first-order valence-electron chi connectivity index (χ1n) is 9.85. The lowest BCUT2D eigenvalue weighted by molar-refractivity contribution is -0.117. The first kappa shape index (κ1) is 23.8. The molecule has 0 spiro atoms. The molecule has 1 amide bonds. The van der Waals surface area contributed by atoms with Crippen LogP contribution in [0.25, 0.3) is 6.08 Å². The summed E-state index contributed by atoms with van der Waals surface area (Å²) in [5, 5.41) is 9.05. The maximum Gasteiger partial charge on any atom is 0.245 e. The second-order valence-corrected chi connectivity index (χ2v) is 10.1. The zero-order chi connectivity index (χ0) is 22.4. The molecule has 2 unspecified atom stereocenters. The fourth-order valence-electron chi connectivity index (χ4n) is 3.42. The molecule has 2 aromatic rings. The Morgan fingerprint density at radius 3 is 2.81 bits per heavy atom. The Labute approximate surface area is 202 Å². The van der Waals surface area contributed by atoms with E-state index in [1.807, 2.05) is 37.3 Å². The van der Waals surface area contributed by atoms with E-state index in [-0.39, 0.29) is 11.2 Å². The molecular weight excluding hydrogens is 475 g/mol. The van der Waals surface area contributed by atoms with Gasteiger partial charge in [-0.05, 0) is 61.7 Å². The summed E-state index contributed by atoms with van der Waals surface area (Å²) in [6.45, 7) is 1.98. The van der Waals surface area contributed by atoms with Crippen LogP contribution in [0, 0.1) is 6.92 Å². The number of nitrogens with zero attached hydrogens (tertiary/aromatic N) is 1. The number of amides is 1. The molecular formula is C22H23Cl3N4OS. The average Bonchev–Trinajstić information content (AvgIpc) is 2.71. The van der Waals surface area contributed by atoms with Crippen LogP contribution in [0.4, 0.5) is 0 Å². The topological polar surface area (TPSA) is 66.1 Å². The zero-order valence-electron chi connectivity index (χ0n) is 16.9. The van der Waals surface area contributed by atoms with Gasteiger partial charge >= 0.3 is 0 Å². The molecule has 2 atom stereocenters. The minimum atomic E-state index is -1.82.